The van der Waals surface area contributed by atoms with Crippen molar-refractivity contribution in [2.75, 3.05) is 31.8 Å². The zero-order valence-electron chi connectivity index (χ0n) is 10.2. The smallest absolute Gasteiger partial charge is 0.142 e. The minimum atomic E-state index is -0.626. The maximum absolute atomic E-state index is 12.8. The largest absolute Gasteiger partial charge is 0.495 e. The molecule has 0 amide bonds. The monoisotopic (exact) mass is 238 g/mol. The van der Waals surface area contributed by atoms with E-state index < -0.39 is 12.2 Å². The molecule has 1 heterocycles. The number of piperidine rings is 1. The van der Waals surface area contributed by atoms with Gasteiger partial charge in [0.25, 0.3) is 0 Å². The van der Waals surface area contributed by atoms with Crippen LogP contribution < -0.4 is 15.4 Å². The fraction of sp³-hybridized carbons (Fsp3) is 0.538. The van der Waals surface area contributed by atoms with Crippen LogP contribution in [0.2, 0.25) is 0 Å². The Balaban J connectivity index is 2.10. The quantitative estimate of drug-likeness (QED) is 0.875. The van der Waals surface area contributed by atoms with Crippen molar-refractivity contribution in [3.05, 3.63) is 24.3 Å². The highest BCUT2D eigenvalue weighted by molar-refractivity contribution is 5.58. The first kappa shape index (κ1) is 12.2. The Morgan fingerprint density at radius 3 is 2.59 bits per heavy atom. The molecule has 0 aliphatic carbocycles. The number of alkyl halides is 1. The van der Waals surface area contributed by atoms with Gasteiger partial charge in [-0.1, -0.05) is 12.1 Å². The summed E-state index contributed by atoms with van der Waals surface area (Å²) in [5, 5.41) is 0. The van der Waals surface area contributed by atoms with Crippen molar-refractivity contribution < 1.29 is 9.13 Å². The van der Waals surface area contributed by atoms with E-state index in [2.05, 4.69) is 4.90 Å². The molecule has 0 spiro atoms. The topological polar surface area (TPSA) is 38.5 Å². The molecular formula is C13H19FN2O. The van der Waals surface area contributed by atoms with Gasteiger partial charge in [-0.05, 0) is 25.0 Å². The number of hydrogen-bond donors (Lipinski definition) is 1. The van der Waals surface area contributed by atoms with E-state index in [0.717, 1.165) is 24.5 Å². The maximum Gasteiger partial charge on any atom is 0.142 e. The number of methoxy groups -OCH3 is 1. The zero-order valence-corrected chi connectivity index (χ0v) is 10.2. The number of anilines is 1. The molecule has 0 radical (unpaired) electrons. The van der Waals surface area contributed by atoms with Gasteiger partial charge in [0.05, 0.1) is 12.8 Å². The standard InChI is InChI=1S/C13H19FN2O/c1-17-12-5-3-2-4-11(12)16-8-6-13(15,10-14)7-9-16/h2-5H,6-10,15H2,1H3. The van der Waals surface area contributed by atoms with Crippen LogP contribution in [0.25, 0.3) is 0 Å². The second-order valence-electron chi connectivity index (χ2n) is 4.65. The number of rotatable bonds is 3. The molecular weight excluding hydrogens is 219 g/mol. The van der Waals surface area contributed by atoms with Crippen LogP contribution in [-0.4, -0.2) is 32.4 Å². The molecule has 1 aromatic carbocycles. The van der Waals surface area contributed by atoms with Crippen LogP contribution in [-0.2, 0) is 0 Å². The first-order valence-corrected chi connectivity index (χ1v) is 5.91. The summed E-state index contributed by atoms with van der Waals surface area (Å²) in [4.78, 5) is 2.21. The SMILES string of the molecule is COc1ccccc1N1CCC(N)(CF)CC1. The van der Waals surface area contributed by atoms with Gasteiger partial charge in [0, 0.05) is 18.6 Å². The van der Waals surface area contributed by atoms with E-state index in [9.17, 15) is 4.39 Å². The number of halogens is 1. The van der Waals surface area contributed by atoms with E-state index in [0.29, 0.717) is 12.8 Å². The van der Waals surface area contributed by atoms with Crippen LogP contribution in [0.1, 0.15) is 12.8 Å². The van der Waals surface area contributed by atoms with Crippen molar-refractivity contribution in [3.8, 4) is 5.75 Å². The molecule has 2 N–H and O–H groups in total. The van der Waals surface area contributed by atoms with Gasteiger partial charge >= 0.3 is 0 Å². The summed E-state index contributed by atoms with van der Waals surface area (Å²) in [5.41, 5.74) is 6.38. The lowest BCUT2D eigenvalue weighted by Crippen LogP contribution is -2.52. The molecule has 1 fully saturated rings. The molecule has 1 saturated heterocycles. The number of para-hydroxylation sites is 2. The first-order chi connectivity index (χ1) is 8.18. The van der Waals surface area contributed by atoms with E-state index >= 15 is 0 Å². The summed E-state index contributed by atoms with van der Waals surface area (Å²) in [7, 11) is 1.66. The molecule has 1 aliphatic heterocycles. The summed E-state index contributed by atoms with van der Waals surface area (Å²) in [6.45, 7) is 1.12. The van der Waals surface area contributed by atoms with Gasteiger partial charge in [0.2, 0.25) is 0 Å². The maximum atomic E-state index is 12.8. The van der Waals surface area contributed by atoms with Crippen molar-refractivity contribution in [2.24, 2.45) is 5.73 Å². The lowest BCUT2D eigenvalue weighted by molar-refractivity contribution is 0.254. The van der Waals surface area contributed by atoms with E-state index in [1.54, 1.807) is 7.11 Å². The van der Waals surface area contributed by atoms with Gasteiger partial charge in [0.15, 0.2) is 0 Å². The number of ether oxygens (including phenoxy) is 1. The van der Waals surface area contributed by atoms with Crippen molar-refractivity contribution in [3.63, 3.8) is 0 Å². The predicted octanol–water partition coefficient (Wildman–Crippen LogP) is 1.96. The fourth-order valence-electron chi connectivity index (χ4n) is 2.22. The Hall–Kier alpha value is -1.29. The van der Waals surface area contributed by atoms with Crippen LogP contribution in [0, 0.1) is 0 Å². The van der Waals surface area contributed by atoms with Crippen molar-refractivity contribution in [2.45, 2.75) is 18.4 Å². The Kier molecular flexibility index (Phi) is 3.52. The Bertz CT molecular complexity index is 375. The highest BCUT2D eigenvalue weighted by atomic mass is 19.1. The molecule has 1 aromatic rings. The molecule has 0 aromatic heterocycles. The number of nitrogens with two attached hydrogens (primary N) is 1. The fourth-order valence-corrected chi connectivity index (χ4v) is 2.22. The van der Waals surface area contributed by atoms with Crippen LogP contribution in [0.3, 0.4) is 0 Å². The third kappa shape index (κ3) is 2.52. The Labute approximate surface area is 101 Å². The number of hydrogen-bond acceptors (Lipinski definition) is 3. The summed E-state index contributed by atoms with van der Waals surface area (Å²) < 4.78 is 18.1. The third-order valence-corrected chi connectivity index (χ3v) is 3.45. The predicted molar refractivity (Wildman–Crippen MR) is 67.3 cm³/mol. The second kappa shape index (κ2) is 4.92. The first-order valence-electron chi connectivity index (χ1n) is 5.91. The molecule has 2 rings (SSSR count). The lowest BCUT2D eigenvalue weighted by Gasteiger charge is -2.39. The van der Waals surface area contributed by atoms with Crippen molar-refractivity contribution >= 4 is 5.69 Å². The van der Waals surface area contributed by atoms with Gasteiger partial charge in [-0.25, -0.2) is 4.39 Å². The summed E-state index contributed by atoms with van der Waals surface area (Å²) in [6, 6.07) is 7.89. The number of nitrogens with zero attached hydrogens (tertiary/aromatic N) is 1. The van der Waals surface area contributed by atoms with Crippen LogP contribution in [0.5, 0.6) is 5.75 Å². The van der Waals surface area contributed by atoms with Gasteiger partial charge in [-0.3, -0.25) is 0 Å². The highest BCUT2D eigenvalue weighted by Crippen LogP contribution is 2.31. The minimum Gasteiger partial charge on any atom is -0.495 e. The van der Waals surface area contributed by atoms with Crippen LogP contribution in [0.15, 0.2) is 24.3 Å². The van der Waals surface area contributed by atoms with Gasteiger partial charge in [-0.15, -0.1) is 0 Å². The summed E-state index contributed by atoms with van der Waals surface area (Å²) >= 11 is 0. The van der Waals surface area contributed by atoms with Gasteiger partial charge in [0.1, 0.15) is 12.4 Å². The van der Waals surface area contributed by atoms with E-state index in [4.69, 9.17) is 10.5 Å². The average Bonchev–Trinajstić information content (AvgIpc) is 2.40. The van der Waals surface area contributed by atoms with E-state index in [-0.39, 0.29) is 0 Å². The molecule has 4 heteroatoms. The second-order valence-corrected chi connectivity index (χ2v) is 4.65. The number of benzene rings is 1. The molecule has 94 valence electrons. The molecule has 17 heavy (non-hydrogen) atoms. The average molecular weight is 238 g/mol. The van der Waals surface area contributed by atoms with Crippen molar-refractivity contribution in [1.29, 1.82) is 0 Å². The minimum absolute atomic E-state index is 0.438. The Morgan fingerprint density at radius 2 is 2.00 bits per heavy atom. The molecule has 1 aliphatic rings. The van der Waals surface area contributed by atoms with Crippen molar-refractivity contribution in [1.82, 2.24) is 0 Å². The van der Waals surface area contributed by atoms with Crippen LogP contribution in [0.4, 0.5) is 10.1 Å². The molecule has 0 atom stereocenters. The van der Waals surface area contributed by atoms with Gasteiger partial charge in [-0.2, -0.15) is 0 Å². The third-order valence-electron chi connectivity index (χ3n) is 3.45. The lowest BCUT2D eigenvalue weighted by atomic mass is 9.90. The molecule has 3 nitrogen and oxygen atoms in total. The van der Waals surface area contributed by atoms with E-state index in [1.807, 2.05) is 24.3 Å². The van der Waals surface area contributed by atoms with E-state index in [1.165, 1.54) is 0 Å². The summed E-state index contributed by atoms with van der Waals surface area (Å²) in [5.74, 6) is 0.859. The Morgan fingerprint density at radius 1 is 1.35 bits per heavy atom. The highest BCUT2D eigenvalue weighted by Gasteiger charge is 2.31. The molecule has 0 bridgehead atoms. The summed E-state index contributed by atoms with van der Waals surface area (Å²) in [6.07, 6.45) is 1.36. The normalized spacial score (nSPS) is 19.1. The zero-order chi connectivity index (χ0) is 12.3. The molecule has 0 unspecified atom stereocenters. The molecule has 0 saturated carbocycles. The van der Waals surface area contributed by atoms with Gasteiger partial charge < -0.3 is 15.4 Å². The van der Waals surface area contributed by atoms with Crippen LogP contribution >= 0.6 is 0 Å².